The molecule has 106 valence electrons. The largest absolute Gasteiger partial charge is 0.476 e. The molecule has 2 aliphatic rings. The lowest BCUT2D eigenvalue weighted by atomic mass is 10.2. The van der Waals surface area contributed by atoms with Crippen molar-refractivity contribution in [2.75, 3.05) is 42.6 Å². The first-order valence-corrected chi connectivity index (χ1v) is 8.34. The molecule has 3 heterocycles. The van der Waals surface area contributed by atoms with Gasteiger partial charge in [0.25, 0.3) is 0 Å². The molecule has 3 N–H and O–H groups in total. The zero-order valence-corrected chi connectivity index (χ0v) is 11.5. The number of aromatic nitrogens is 1. The Morgan fingerprint density at radius 3 is 2.84 bits per heavy atom. The van der Waals surface area contributed by atoms with Gasteiger partial charge in [-0.2, -0.15) is 15.6 Å². The van der Waals surface area contributed by atoms with Gasteiger partial charge in [0.15, 0.2) is 0 Å². The number of ether oxygens (including phenoxy) is 1. The summed E-state index contributed by atoms with van der Waals surface area (Å²) in [5.74, 6) is 2.40. The molecule has 0 aliphatic carbocycles. The minimum atomic E-state index is -2.36. The third-order valence-corrected chi connectivity index (χ3v) is 5.13. The van der Waals surface area contributed by atoms with E-state index < -0.39 is 10.6 Å². The molecule has 0 bridgehead atoms. The van der Waals surface area contributed by atoms with Gasteiger partial charge in [-0.1, -0.05) is 0 Å². The van der Waals surface area contributed by atoms with Crippen LogP contribution in [0, 0.1) is 0 Å². The number of pyridine rings is 1. The molecular formula is C12H19N3O3S. The highest BCUT2D eigenvalue weighted by Crippen LogP contribution is 2.41. The van der Waals surface area contributed by atoms with Crippen molar-refractivity contribution < 1.29 is 13.8 Å². The van der Waals surface area contributed by atoms with E-state index in [0.29, 0.717) is 37.1 Å². The first-order valence-electron chi connectivity index (χ1n) is 6.46. The molecule has 2 aliphatic heterocycles. The van der Waals surface area contributed by atoms with E-state index in [4.69, 9.17) is 4.74 Å². The minimum Gasteiger partial charge on any atom is -0.476 e. The van der Waals surface area contributed by atoms with Gasteiger partial charge in [-0.3, -0.25) is 9.11 Å². The number of anilines is 1. The number of rotatable bonds is 1. The Morgan fingerprint density at radius 2 is 2.05 bits per heavy atom. The molecule has 0 amide bonds. The van der Waals surface area contributed by atoms with E-state index in [9.17, 15) is 9.11 Å². The van der Waals surface area contributed by atoms with E-state index in [1.54, 1.807) is 0 Å². The van der Waals surface area contributed by atoms with Crippen LogP contribution in [0.15, 0.2) is 12.1 Å². The Balaban J connectivity index is 1.77. The SMILES string of the molecule is OS1(O)CCN(c2ccc3c(n2)OCCNC3)CC1. The number of fused-ring (bicyclic) bond motifs is 1. The summed E-state index contributed by atoms with van der Waals surface area (Å²) in [5.41, 5.74) is 1.07. The van der Waals surface area contributed by atoms with Gasteiger partial charge in [-0.25, -0.2) is 0 Å². The molecule has 0 atom stereocenters. The normalized spacial score (nSPS) is 24.0. The van der Waals surface area contributed by atoms with Crippen molar-refractivity contribution in [2.24, 2.45) is 0 Å². The van der Waals surface area contributed by atoms with Crippen LogP contribution in [0.1, 0.15) is 5.56 Å². The Morgan fingerprint density at radius 1 is 1.26 bits per heavy atom. The summed E-state index contributed by atoms with van der Waals surface area (Å²) in [5, 5.41) is 3.27. The monoisotopic (exact) mass is 285 g/mol. The van der Waals surface area contributed by atoms with Gasteiger partial charge >= 0.3 is 0 Å². The summed E-state index contributed by atoms with van der Waals surface area (Å²) < 4.78 is 24.9. The summed E-state index contributed by atoms with van der Waals surface area (Å²) >= 11 is 0. The lowest BCUT2D eigenvalue weighted by molar-refractivity contribution is 0.314. The second-order valence-corrected chi connectivity index (χ2v) is 7.28. The number of nitrogens with zero attached hydrogens (tertiary/aromatic N) is 2. The highest BCUT2D eigenvalue weighted by atomic mass is 32.3. The Kier molecular flexibility index (Phi) is 3.53. The minimum absolute atomic E-state index is 0.425. The van der Waals surface area contributed by atoms with Crippen LogP contribution in [0.2, 0.25) is 0 Å². The Hall–Kier alpha value is -1.02. The molecule has 1 aromatic rings. The van der Waals surface area contributed by atoms with E-state index in [1.165, 1.54) is 0 Å². The smallest absolute Gasteiger partial charge is 0.219 e. The fraction of sp³-hybridized carbons (Fsp3) is 0.583. The van der Waals surface area contributed by atoms with Crippen molar-refractivity contribution in [3.8, 4) is 5.88 Å². The second-order valence-electron chi connectivity index (χ2n) is 4.86. The van der Waals surface area contributed by atoms with Gasteiger partial charge in [-0.05, 0) is 12.1 Å². The van der Waals surface area contributed by atoms with Gasteiger partial charge in [-0.15, -0.1) is 0 Å². The maximum Gasteiger partial charge on any atom is 0.219 e. The van der Waals surface area contributed by atoms with Gasteiger partial charge in [0.1, 0.15) is 12.4 Å². The quantitative estimate of drug-likeness (QED) is 0.718. The fourth-order valence-corrected chi connectivity index (χ4v) is 3.52. The summed E-state index contributed by atoms with van der Waals surface area (Å²) in [6.45, 7) is 3.50. The van der Waals surface area contributed by atoms with E-state index in [-0.39, 0.29) is 0 Å². The summed E-state index contributed by atoms with van der Waals surface area (Å²) in [4.78, 5) is 6.64. The van der Waals surface area contributed by atoms with Gasteiger partial charge in [0.05, 0.1) is 11.5 Å². The Labute approximate surface area is 114 Å². The zero-order valence-electron chi connectivity index (χ0n) is 10.7. The van der Waals surface area contributed by atoms with E-state index in [1.807, 2.05) is 12.1 Å². The average molecular weight is 285 g/mol. The maximum absolute atomic E-state index is 9.63. The zero-order chi connectivity index (χ0) is 13.3. The maximum atomic E-state index is 9.63. The van der Waals surface area contributed by atoms with Crippen molar-refractivity contribution in [2.45, 2.75) is 6.54 Å². The summed E-state index contributed by atoms with van der Waals surface area (Å²) in [6, 6.07) is 4.01. The van der Waals surface area contributed by atoms with Crippen molar-refractivity contribution in [1.29, 1.82) is 0 Å². The van der Waals surface area contributed by atoms with Crippen LogP contribution in [0.4, 0.5) is 5.82 Å². The summed E-state index contributed by atoms with van der Waals surface area (Å²) in [6.07, 6.45) is 0. The number of hydrogen-bond donors (Lipinski definition) is 3. The standard InChI is InChI=1S/C12H19N3O3S/c16-19(17)7-4-15(5-8-19)11-2-1-10-9-13-3-6-18-12(10)14-11/h1-2,13,16-17H,3-9H2. The molecule has 0 aromatic carbocycles. The Bertz CT molecular complexity index is 460. The van der Waals surface area contributed by atoms with Crippen molar-refractivity contribution in [3.05, 3.63) is 17.7 Å². The molecule has 1 saturated heterocycles. The van der Waals surface area contributed by atoms with Crippen molar-refractivity contribution in [3.63, 3.8) is 0 Å². The van der Waals surface area contributed by atoms with Crippen LogP contribution in [0.25, 0.3) is 0 Å². The van der Waals surface area contributed by atoms with Crippen LogP contribution in [0.5, 0.6) is 5.88 Å². The van der Waals surface area contributed by atoms with Crippen LogP contribution in [-0.4, -0.2) is 51.8 Å². The number of nitrogens with one attached hydrogen (secondary N) is 1. The molecule has 1 aromatic heterocycles. The van der Waals surface area contributed by atoms with Crippen LogP contribution >= 0.6 is 10.6 Å². The van der Waals surface area contributed by atoms with Crippen LogP contribution < -0.4 is 15.0 Å². The molecule has 0 saturated carbocycles. The molecule has 3 rings (SSSR count). The third kappa shape index (κ3) is 2.94. The molecule has 19 heavy (non-hydrogen) atoms. The highest BCUT2D eigenvalue weighted by molar-refractivity contribution is 8.24. The fourth-order valence-electron chi connectivity index (χ4n) is 2.29. The van der Waals surface area contributed by atoms with E-state index >= 15 is 0 Å². The highest BCUT2D eigenvalue weighted by Gasteiger charge is 2.23. The molecule has 0 unspecified atom stereocenters. The first kappa shape index (κ1) is 13.0. The predicted molar refractivity (Wildman–Crippen MR) is 76.2 cm³/mol. The molecule has 0 spiro atoms. The average Bonchev–Trinajstić information content (AvgIpc) is 2.63. The van der Waals surface area contributed by atoms with Gasteiger partial charge < -0.3 is 15.0 Å². The van der Waals surface area contributed by atoms with Gasteiger partial charge in [0.2, 0.25) is 5.88 Å². The topological polar surface area (TPSA) is 77.9 Å². The van der Waals surface area contributed by atoms with Crippen molar-refractivity contribution >= 4 is 16.4 Å². The van der Waals surface area contributed by atoms with E-state index in [0.717, 1.165) is 24.5 Å². The summed E-state index contributed by atoms with van der Waals surface area (Å²) in [7, 11) is -2.36. The predicted octanol–water partition coefficient (Wildman–Crippen LogP) is 1.13. The lowest BCUT2D eigenvalue weighted by Crippen LogP contribution is -2.38. The first-order chi connectivity index (χ1) is 9.14. The van der Waals surface area contributed by atoms with Crippen LogP contribution in [0.3, 0.4) is 0 Å². The van der Waals surface area contributed by atoms with Crippen molar-refractivity contribution in [1.82, 2.24) is 10.3 Å². The van der Waals surface area contributed by atoms with Crippen LogP contribution in [-0.2, 0) is 6.54 Å². The molecule has 1 fully saturated rings. The molecule has 0 radical (unpaired) electrons. The lowest BCUT2D eigenvalue weighted by Gasteiger charge is -2.41. The van der Waals surface area contributed by atoms with E-state index in [2.05, 4.69) is 15.2 Å². The molecular weight excluding hydrogens is 266 g/mol. The second kappa shape index (κ2) is 5.16. The third-order valence-electron chi connectivity index (χ3n) is 3.46. The number of hydrogen-bond acceptors (Lipinski definition) is 6. The molecule has 7 heteroatoms. The van der Waals surface area contributed by atoms with Gasteiger partial charge in [0, 0.05) is 31.7 Å². The molecule has 6 nitrogen and oxygen atoms in total.